The molecule has 0 spiro atoms. The van der Waals surface area contributed by atoms with Gasteiger partial charge in [0.2, 0.25) is 16.1 Å². The first kappa shape index (κ1) is 15.9. The van der Waals surface area contributed by atoms with Crippen LogP contribution in [0.25, 0.3) is 0 Å². The van der Waals surface area contributed by atoms with Gasteiger partial charge >= 0.3 is 11.9 Å². The molecule has 0 amide bonds. The van der Waals surface area contributed by atoms with Crippen molar-refractivity contribution >= 4 is 22.0 Å². The summed E-state index contributed by atoms with van der Waals surface area (Å²) in [5.74, 6) is -3.12. The van der Waals surface area contributed by atoms with Crippen molar-refractivity contribution in [2.45, 2.75) is 10.9 Å². The Hall–Kier alpha value is -2.13. The Balaban J connectivity index is 3.20. The number of nitrogens with zero attached hydrogens (tertiary/aromatic N) is 1. The van der Waals surface area contributed by atoms with Crippen LogP contribution in [0.15, 0.2) is 29.2 Å². The van der Waals surface area contributed by atoms with Crippen molar-refractivity contribution in [3.8, 4) is 5.75 Å². The van der Waals surface area contributed by atoms with Crippen LogP contribution < -0.4 is 4.74 Å². The zero-order chi connectivity index (χ0) is 15.5. The van der Waals surface area contributed by atoms with Gasteiger partial charge in [-0.15, -0.1) is 0 Å². The monoisotopic (exact) mass is 303 g/mol. The molecule has 9 heteroatoms. The molecule has 0 saturated carbocycles. The molecule has 1 aromatic rings. The molecular weight excluding hydrogens is 290 g/mol. The van der Waals surface area contributed by atoms with Crippen molar-refractivity contribution in [2.24, 2.45) is 0 Å². The van der Waals surface area contributed by atoms with Crippen molar-refractivity contribution < 1.29 is 33.0 Å². The lowest BCUT2D eigenvalue weighted by atomic mass is 10.3. The van der Waals surface area contributed by atoms with E-state index in [-0.39, 0.29) is 4.90 Å². The first-order chi connectivity index (χ1) is 9.21. The number of carbonyl (C=O) groups is 2. The molecule has 8 nitrogen and oxygen atoms in total. The average molecular weight is 303 g/mol. The van der Waals surface area contributed by atoms with Gasteiger partial charge in [0.1, 0.15) is 5.75 Å². The Labute approximate surface area is 115 Å². The van der Waals surface area contributed by atoms with Crippen molar-refractivity contribution in [1.82, 2.24) is 4.31 Å². The summed E-state index contributed by atoms with van der Waals surface area (Å²) in [6.07, 6.45) is 0. The fourth-order valence-corrected chi connectivity index (χ4v) is 2.74. The lowest BCUT2D eigenvalue weighted by molar-refractivity contribution is -0.153. The number of carboxylic acid groups (broad SMARTS) is 2. The van der Waals surface area contributed by atoms with Gasteiger partial charge in [-0.1, -0.05) is 0 Å². The topological polar surface area (TPSA) is 121 Å². The molecule has 0 aliphatic heterocycles. The van der Waals surface area contributed by atoms with Crippen LogP contribution in [-0.4, -0.2) is 55.1 Å². The summed E-state index contributed by atoms with van der Waals surface area (Å²) >= 11 is 0. The highest BCUT2D eigenvalue weighted by Gasteiger charge is 2.38. The van der Waals surface area contributed by atoms with Gasteiger partial charge in [-0.05, 0) is 24.3 Å². The number of methoxy groups -OCH3 is 1. The fourth-order valence-electron chi connectivity index (χ4n) is 1.47. The second-order valence-corrected chi connectivity index (χ2v) is 5.77. The van der Waals surface area contributed by atoms with Crippen LogP contribution >= 0.6 is 0 Å². The zero-order valence-corrected chi connectivity index (χ0v) is 11.5. The van der Waals surface area contributed by atoms with E-state index in [2.05, 4.69) is 0 Å². The third-order valence-electron chi connectivity index (χ3n) is 2.57. The fraction of sp³-hybridized carbons (Fsp3) is 0.273. The van der Waals surface area contributed by atoms with E-state index in [4.69, 9.17) is 14.9 Å². The number of carboxylic acids is 2. The number of rotatable bonds is 6. The second-order valence-electron chi connectivity index (χ2n) is 3.78. The molecule has 0 aromatic heterocycles. The molecule has 0 radical (unpaired) electrons. The smallest absolute Gasteiger partial charge is 0.333 e. The van der Waals surface area contributed by atoms with Gasteiger partial charge in [0, 0.05) is 7.05 Å². The quantitative estimate of drug-likeness (QED) is 0.701. The third kappa shape index (κ3) is 3.06. The Morgan fingerprint density at radius 1 is 1.15 bits per heavy atom. The Bertz CT molecular complexity index is 594. The van der Waals surface area contributed by atoms with Crippen LogP contribution in [0.1, 0.15) is 0 Å². The Morgan fingerprint density at radius 3 is 1.95 bits per heavy atom. The first-order valence-corrected chi connectivity index (χ1v) is 6.73. The van der Waals surface area contributed by atoms with E-state index in [1.165, 1.54) is 31.4 Å². The van der Waals surface area contributed by atoms with Gasteiger partial charge < -0.3 is 14.9 Å². The standard InChI is InChI=1S/C11H13NO7S/c1-12(9(10(13)14)11(15)16)20(17,18)8-5-3-7(19-2)4-6-8/h3-6,9H,1-2H3,(H,13,14)(H,15,16). The van der Waals surface area contributed by atoms with Crippen molar-refractivity contribution in [1.29, 1.82) is 0 Å². The van der Waals surface area contributed by atoms with Crippen molar-refractivity contribution in [2.75, 3.05) is 14.2 Å². The van der Waals surface area contributed by atoms with E-state index in [9.17, 15) is 18.0 Å². The van der Waals surface area contributed by atoms with Crippen LogP contribution in [0.3, 0.4) is 0 Å². The lowest BCUT2D eigenvalue weighted by Gasteiger charge is -2.21. The maximum Gasteiger partial charge on any atom is 0.333 e. The predicted molar refractivity (Wildman–Crippen MR) is 67.0 cm³/mol. The molecule has 1 aromatic carbocycles. The molecule has 0 bridgehead atoms. The minimum Gasteiger partial charge on any atom is -0.497 e. The molecule has 1 rings (SSSR count). The van der Waals surface area contributed by atoms with Gasteiger partial charge in [-0.2, -0.15) is 4.31 Å². The van der Waals surface area contributed by atoms with E-state index in [0.29, 0.717) is 10.1 Å². The highest BCUT2D eigenvalue weighted by atomic mass is 32.2. The van der Waals surface area contributed by atoms with Crippen molar-refractivity contribution in [3.63, 3.8) is 0 Å². The van der Waals surface area contributed by atoms with Gasteiger partial charge in [0.05, 0.1) is 12.0 Å². The number of hydrogen-bond acceptors (Lipinski definition) is 5. The van der Waals surface area contributed by atoms with E-state index in [1.54, 1.807) is 0 Å². The molecule has 2 N–H and O–H groups in total. The normalized spacial score (nSPS) is 11.6. The molecule has 20 heavy (non-hydrogen) atoms. The number of hydrogen-bond donors (Lipinski definition) is 2. The highest BCUT2D eigenvalue weighted by Crippen LogP contribution is 2.20. The van der Waals surface area contributed by atoms with Gasteiger partial charge in [-0.3, -0.25) is 0 Å². The zero-order valence-electron chi connectivity index (χ0n) is 10.7. The minimum atomic E-state index is -4.24. The molecule has 0 fully saturated rings. The van der Waals surface area contributed by atoms with Gasteiger partial charge in [0.15, 0.2) is 0 Å². The van der Waals surface area contributed by atoms with E-state index in [1.807, 2.05) is 0 Å². The van der Waals surface area contributed by atoms with Gasteiger partial charge in [0.25, 0.3) is 0 Å². The van der Waals surface area contributed by atoms with Crippen molar-refractivity contribution in [3.05, 3.63) is 24.3 Å². The Kier molecular flexibility index (Phi) is 4.69. The maximum absolute atomic E-state index is 12.1. The number of benzene rings is 1. The van der Waals surface area contributed by atoms with Crippen LogP contribution in [-0.2, 0) is 19.6 Å². The summed E-state index contributed by atoms with van der Waals surface area (Å²) in [6, 6.07) is 2.95. The predicted octanol–water partition coefficient (Wildman–Crippen LogP) is -0.146. The molecule has 110 valence electrons. The van der Waals surface area contributed by atoms with Crippen LogP contribution in [0.2, 0.25) is 0 Å². The summed E-state index contributed by atoms with van der Waals surface area (Å²) in [6.45, 7) is 0. The number of ether oxygens (including phenoxy) is 1. The third-order valence-corrected chi connectivity index (χ3v) is 4.40. The highest BCUT2D eigenvalue weighted by molar-refractivity contribution is 7.89. The molecule has 0 atom stereocenters. The van der Waals surface area contributed by atoms with E-state index < -0.39 is 28.0 Å². The summed E-state index contributed by atoms with van der Waals surface area (Å²) < 4.78 is 29.4. The minimum absolute atomic E-state index is 0.228. The lowest BCUT2D eigenvalue weighted by Crippen LogP contribution is -2.47. The molecule has 0 saturated heterocycles. The molecular formula is C11H13NO7S. The first-order valence-electron chi connectivity index (χ1n) is 5.29. The summed E-state index contributed by atoms with van der Waals surface area (Å²) in [5, 5.41) is 17.6. The van der Waals surface area contributed by atoms with Crippen LogP contribution in [0.4, 0.5) is 0 Å². The SMILES string of the molecule is COc1ccc(S(=O)(=O)N(C)C(C(=O)O)C(=O)O)cc1. The number of likely N-dealkylation sites (N-methyl/N-ethyl adjacent to an activating group) is 1. The summed E-state index contributed by atoms with van der Waals surface area (Å²) in [5.41, 5.74) is 0. The van der Waals surface area contributed by atoms with E-state index in [0.717, 1.165) is 7.05 Å². The van der Waals surface area contributed by atoms with Crippen LogP contribution in [0.5, 0.6) is 5.75 Å². The molecule has 0 aliphatic rings. The van der Waals surface area contributed by atoms with Gasteiger partial charge in [-0.25, -0.2) is 18.0 Å². The maximum atomic E-state index is 12.1. The molecule has 0 unspecified atom stereocenters. The van der Waals surface area contributed by atoms with E-state index >= 15 is 0 Å². The largest absolute Gasteiger partial charge is 0.497 e. The second kappa shape index (κ2) is 5.88. The average Bonchev–Trinajstić information content (AvgIpc) is 2.37. The number of sulfonamides is 1. The molecule has 0 aliphatic carbocycles. The van der Waals surface area contributed by atoms with Crippen LogP contribution in [0, 0.1) is 0 Å². The summed E-state index contributed by atoms with van der Waals surface area (Å²) in [7, 11) is -1.94. The number of aliphatic carboxylic acids is 2. The summed E-state index contributed by atoms with van der Waals surface area (Å²) in [4.78, 5) is 21.5. The Morgan fingerprint density at radius 2 is 1.60 bits per heavy atom. The molecule has 0 heterocycles.